The van der Waals surface area contributed by atoms with Crippen LogP contribution in [0.15, 0.2) is 0 Å². The van der Waals surface area contributed by atoms with Gasteiger partial charge in [0.2, 0.25) is 5.91 Å². The number of thiol groups is 1. The van der Waals surface area contributed by atoms with Gasteiger partial charge >= 0.3 is 0 Å². The van der Waals surface area contributed by atoms with E-state index in [2.05, 4.69) is 30.8 Å². The molecule has 0 aromatic rings. The van der Waals surface area contributed by atoms with Crippen molar-refractivity contribution >= 4 is 28.4 Å². The SMILES string of the molecule is CC(C)CNC(=O)C(C)SS. The van der Waals surface area contributed by atoms with Crippen LogP contribution in [-0.4, -0.2) is 17.7 Å². The van der Waals surface area contributed by atoms with Gasteiger partial charge in [0.25, 0.3) is 0 Å². The number of hydrogen-bond donors (Lipinski definition) is 2. The Morgan fingerprint density at radius 1 is 1.55 bits per heavy atom. The fourth-order valence-electron chi connectivity index (χ4n) is 0.496. The largest absolute Gasteiger partial charge is 0.355 e. The topological polar surface area (TPSA) is 29.1 Å². The van der Waals surface area contributed by atoms with Gasteiger partial charge in [-0.1, -0.05) is 24.6 Å². The highest BCUT2D eigenvalue weighted by molar-refractivity contribution is 8.69. The number of rotatable bonds is 4. The maximum absolute atomic E-state index is 11.1. The molecule has 2 nitrogen and oxygen atoms in total. The van der Waals surface area contributed by atoms with E-state index in [1.165, 1.54) is 10.8 Å². The first-order chi connectivity index (χ1) is 5.07. The number of amides is 1. The third-order valence-corrected chi connectivity index (χ3v) is 2.69. The Morgan fingerprint density at radius 2 is 2.09 bits per heavy atom. The van der Waals surface area contributed by atoms with Crippen LogP contribution in [0.5, 0.6) is 0 Å². The van der Waals surface area contributed by atoms with Crippen molar-refractivity contribution in [2.24, 2.45) is 5.92 Å². The minimum atomic E-state index is -0.0583. The second-order valence-electron chi connectivity index (χ2n) is 2.89. The maximum atomic E-state index is 11.1. The lowest BCUT2D eigenvalue weighted by Crippen LogP contribution is -2.33. The first-order valence-electron chi connectivity index (χ1n) is 3.65. The molecule has 0 aromatic carbocycles. The summed E-state index contributed by atoms with van der Waals surface area (Å²) in [6, 6.07) is 0. The quantitative estimate of drug-likeness (QED) is 0.526. The van der Waals surface area contributed by atoms with Crippen molar-refractivity contribution in [2.75, 3.05) is 6.54 Å². The van der Waals surface area contributed by atoms with E-state index >= 15 is 0 Å². The van der Waals surface area contributed by atoms with Crippen molar-refractivity contribution in [2.45, 2.75) is 26.0 Å². The molecule has 0 saturated heterocycles. The molecule has 0 aliphatic carbocycles. The predicted octanol–water partition coefficient (Wildman–Crippen LogP) is 1.73. The van der Waals surface area contributed by atoms with Crippen LogP contribution < -0.4 is 5.32 Å². The van der Waals surface area contributed by atoms with E-state index in [0.717, 1.165) is 6.54 Å². The lowest BCUT2D eigenvalue weighted by molar-refractivity contribution is -0.120. The number of carbonyl (C=O) groups excluding carboxylic acids is 1. The zero-order valence-electron chi connectivity index (χ0n) is 7.13. The van der Waals surface area contributed by atoms with E-state index in [1.807, 2.05) is 6.92 Å². The summed E-state index contributed by atoms with van der Waals surface area (Å²) in [5.74, 6) is 0.578. The summed E-state index contributed by atoms with van der Waals surface area (Å²) >= 11 is 3.96. The average Bonchev–Trinajstić information content (AvgIpc) is 1.98. The van der Waals surface area contributed by atoms with Crippen molar-refractivity contribution in [3.63, 3.8) is 0 Å². The highest BCUT2D eigenvalue weighted by atomic mass is 33.1. The van der Waals surface area contributed by atoms with Gasteiger partial charge in [-0.2, -0.15) is 0 Å². The molecule has 0 aliphatic rings. The van der Waals surface area contributed by atoms with E-state index < -0.39 is 0 Å². The number of nitrogens with one attached hydrogen (secondary N) is 1. The molecule has 0 aromatic heterocycles. The molecular formula is C7H15NOS2. The molecule has 0 fully saturated rings. The molecule has 66 valence electrons. The molecule has 1 amide bonds. The van der Waals surface area contributed by atoms with Crippen molar-refractivity contribution in [3.05, 3.63) is 0 Å². The monoisotopic (exact) mass is 193 g/mol. The van der Waals surface area contributed by atoms with Gasteiger partial charge in [-0.15, -0.1) is 11.7 Å². The van der Waals surface area contributed by atoms with E-state index in [1.54, 1.807) is 0 Å². The Labute approximate surface area is 77.3 Å². The molecule has 0 rings (SSSR count). The molecule has 1 atom stereocenters. The Kier molecular flexibility index (Phi) is 5.86. The van der Waals surface area contributed by atoms with Crippen LogP contribution >= 0.6 is 22.5 Å². The summed E-state index contributed by atoms with van der Waals surface area (Å²) in [5, 5.41) is 2.77. The normalized spacial score (nSPS) is 13.2. The van der Waals surface area contributed by atoms with Gasteiger partial charge in [0.1, 0.15) is 0 Å². The van der Waals surface area contributed by atoms with E-state index in [-0.39, 0.29) is 11.2 Å². The van der Waals surface area contributed by atoms with Gasteiger partial charge in [-0.3, -0.25) is 4.79 Å². The van der Waals surface area contributed by atoms with Crippen LogP contribution in [0.25, 0.3) is 0 Å². The number of carbonyl (C=O) groups is 1. The predicted molar refractivity (Wildman–Crippen MR) is 53.9 cm³/mol. The zero-order valence-corrected chi connectivity index (χ0v) is 8.84. The van der Waals surface area contributed by atoms with Gasteiger partial charge in [-0.05, 0) is 12.8 Å². The summed E-state index contributed by atoms with van der Waals surface area (Å²) in [4.78, 5) is 11.1. The zero-order chi connectivity index (χ0) is 8.85. The van der Waals surface area contributed by atoms with Crippen LogP contribution in [0.3, 0.4) is 0 Å². The van der Waals surface area contributed by atoms with Crippen LogP contribution in [-0.2, 0) is 4.79 Å². The molecule has 1 N–H and O–H groups in total. The van der Waals surface area contributed by atoms with Crippen LogP contribution in [0, 0.1) is 5.92 Å². The minimum absolute atomic E-state index is 0.0583. The van der Waals surface area contributed by atoms with E-state index in [9.17, 15) is 4.79 Å². The molecule has 1 unspecified atom stereocenters. The first kappa shape index (κ1) is 11.2. The van der Waals surface area contributed by atoms with Crippen LogP contribution in [0.2, 0.25) is 0 Å². The second kappa shape index (κ2) is 5.77. The van der Waals surface area contributed by atoms with Crippen molar-refractivity contribution in [3.8, 4) is 0 Å². The second-order valence-corrected chi connectivity index (χ2v) is 4.44. The van der Waals surface area contributed by atoms with Gasteiger partial charge in [0, 0.05) is 6.54 Å². The lowest BCUT2D eigenvalue weighted by Gasteiger charge is -2.10. The van der Waals surface area contributed by atoms with Gasteiger partial charge in [0.15, 0.2) is 0 Å². The Balaban J connectivity index is 3.52. The Morgan fingerprint density at radius 3 is 2.45 bits per heavy atom. The summed E-state index contributed by atoms with van der Waals surface area (Å²) in [6.07, 6.45) is 0. The van der Waals surface area contributed by atoms with Crippen molar-refractivity contribution in [1.82, 2.24) is 5.32 Å². The first-order valence-corrected chi connectivity index (χ1v) is 5.59. The van der Waals surface area contributed by atoms with Gasteiger partial charge in [-0.25, -0.2) is 0 Å². The van der Waals surface area contributed by atoms with Crippen molar-refractivity contribution in [1.29, 1.82) is 0 Å². The molecule has 0 spiro atoms. The highest BCUT2D eigenvalue weighted by Crippen LogP contribution is 2.13. The Hall–Kier alpha value is 0.170. The van der Waals surface area contributed by atoms with Crippen molar-refractivity contribution < 1.29 is 4.79 Å². The molecule has 4 heteroatoms. The molecule has 0 radical (unpaired) electrons. The third kappa shape index (κ3) is 5.44. The molecule has 0 aliphatic heterocycles. The Bertz CT molecular complexity index is 128. The fourth-order valence-corrected chi connectivity index (χ4v) is 0.963. The minimum Gasteiger partial charge on any atom is -0.355 e. The number of hydrogen-bond acceptors (Lipinski definition) is 3. The molecule has 0 bridgehead atoms. The molecule has 11 heavy (non-hydrogen) atoms. The third-order valence-electron chi connectivity index (χ3n) is 1.21. The van der Waals surface area contributed by atoms with Gasteiger partial charge < -0.3 is 5.32 Å². The highest BCUT2D eigenvalue weighted by Gasteiger charge is 2.10. The summed E-state index contributed by atoms with van der Waals surface area (Å²) in [5.41, 5.74) is 0. The van der Waals surface area contributed by atoms with E-state index in [0.29, 0.717) is 5.92 Å². The summed E-state index contributed by atoms with van der Waals surface area (Å²) in [6.45, 7) is 6.72. The fraction of sp³-hybridized carbons (Fsp3) is 0.857. The smallest absolute Gasteiger partial charge is 0.233 e. The lowest BCUT2D eigenvalue weighted by atomic mass is 10.2. The van der Waals surface area contributed by atoms with Crippen LogP contribution in [0.1, 0.15) is 20.8 Å². The molecular weight excluding hydrogens is 178 g/mol. The maximum Gasteiger partial charge on any atom is 0.233 e. The van der Waals surface area contributed by atoms with Crippen LogP contribution in [0.4, 0.5) is 0 Å². The van der Waals surface area contributed by atoms with E-state index in [4.69, 9.17) is 0 Å². The standard InChI is InChI=1S/C7H15NOS2/c1-5(2)4-8-7(9)6(3)11-10/h5-6,10H,4H2,1-3H3,(H,8,9). The summed E-state index contributed by atoms with van der Waals surface area (Å²) < 4.78 is 0. The summed E-state index contributed by atoms with van der Waals surface area (Å²) in [7, 11) is 1.27. The van der Waals surface area contributed by atoms with Gasteiger partial charge in [0.05, 0.1) is 5.25 Å². The molecule has 0 heterocycles. The molecule has 0 saturated carbocycles. The average molecular weight is 193 g/mol.